The average molecular weight is 336 g/mol. The Morgan fingerprint density at radius 2 is 1.62 bits per heavy atom. The normalized spacial score (nSPS) is 11.2. The zero-order valence-electron chi connectivity index (χ0n) is 13.1. The van der Waals surface area contributed by atoms with Gasteiger partial charge in [0, 0.05) is 5.56 Å². The number of aryl methyl sites for hydroxylation is 2. The number of ether oxygens (including phenoxy) is 1. The fourth-order valence-electron chi connectivity index (χ4n) is 2.08. The van der Waals surface area contributed by atoms with Crippen molar-refractivity contribution in [3.8, 4) is 5.75 Å². The average Bonchev–Trinajstić information content (AvgIpc) is 2.54. The molecule has 0 N–H and O–H groups in total. The van der Waals surface area contributed by atoms with Gasteiger partial charge in [-0.1, -0.05) is 23.8 Å². The topological polar surface area (TPSA) is 43.4 Å². The molecule has 0 aromatic heterocycles. The number of ketones is 2. The zero-order chi connectivity index (χ0) is 17.9. The summed E-state index contributed by atoms with van der Waals surface area (Å²) in [6.07, 6.45) is -5.17. The Bertz CT molecular complexity index is 762. The number of hydrogen-bond donors (Lipinski definition) is 0. The van der Waals surface area contributed by atoms with Crippen LogP contribution in [0.4, 0.5) is 13.2 Å². The smallest absolute Gasteiger partial charge is 0.458 e. The van der Waals surface area contributed by atoms with Crippen molar-refractivity contribution in [2.24, 2.45) is 0 Å². The monoisotopic (exact) mass is 336 g/mol. The first-order valence-corrected chi connectivity index (χ1v) is 7.13. The van der Waals surface area contributed by atoms with E-state index in [2.05, 4.69) is 0 Å². The number of rotatable bonds is 5. The Labute approximate surface area is 137 Å². The third kappa shape index (κ3) is 4.22. The first kappa shape index (κ1) is 17.7. The summed E-state index contributed by atoms with van der Waals surface area (Å²) < 4.78 is 42.3. The van der Waals surface area contributed by atoms with E-state index in [1.165, 1.54) is 12.1 Å². The first-order chi connectivity index (χ1) is 11.2. The van der Waals surface area contributed by atoms with Crippen LogP contribution in [-0.2, 0) is 11.4 Å². The van der Waals surface area contributed by atoms with E-state index >= 15 is 0 Å². The summed E-state index contributed by atoms with van der Waals surface area (Å²) in [4.78, 5) is 22.4. The third-order valence-electron chi connectivity index (χ3n) is 3.48. The van der Waals surface area contributed by atoms with Gasteiger partial charge in [-0.2, -0.15) is 13.2 Å². The van der Waals surface area contributed by atoms with Gasteiger partial charge in [0.2, 0.25) is 5.78 Å². The maximum absolute atomic E-state index is 12.2. The number of benzene rings is 2. The quantitative estimate of drug-likeness (QED) is 0.607. The number of carbonyl (C=O) groups excluding carboxylic acids is 2. The molecule has 24 heavy (non-hydrogen) atoms. The molecule has 2 aromatic rings. The van der Waals surface area contributed by atoms with Crippen LogP contribution in [0.15, 0.2) is 42.5 Å². The lowest BCUT2D eigenvalue weighted by atomic mass is 10.1. The molecule has 3 nitrogen and oxygen atoms in total. The Morgan fingerprint density at radius 3 is 2.21 bits per heavy atom. The van der Waals surface area contributed by atoms with Crippen LogP contribution in [0.5, 0.6) is 5.75 Å². The molecule has 0 aliphatic rings. The Kier molecular flexibility index (Phi) is 5.07. The summed E-state index contributed by atoms with van der Waals surface area (Å²) in [5, 5.41) is 0. The molecule has 0 bridgehead atoms. The summed E-state index contributed by atoms with van der Waals surface area (Å²) in [6, 6.07) is 10.9. The molecule has 2 rings (SSSR count). The Morgan fingerprint density at radius 1 is 1.00 bits per heavy atom. The van der Waals surface area contributed by atoms with E-state index in [0.29, 0.717) is 12.4 Å². The highest BCUT2D eigenvalue weighted by Crippen LogP contribution is 2.21. The zero-order valence-corrected chi connectivity index (χ0v) is 13.1. The second-order valence-corrected chi connectivity index (χ2v) is 5.40. The number of hydrogen-bond acceptors (Lipinski definition) is 3. The molecule has 6 heteroatoms. The fraction of sp³-hybridized carbons (Fsp3) is 0.222. The van der Waals surface area contributed by atoms with Gasteiger partial charge in [-0.15, -0.1) is 0 Å². The van der Waals surface area contributed by atoms with Crippen LogP contribution >= 0.6 is 0 Å². The van der Waals surface area contributed by atoms with Crippen molar-refractivity contribution in [2.45, 2.75) is 26.6 Å². The minimum Gasteiger partial charge on any atom is -0.489 e. The molecule has 0 aliphatic heterocycles. The minimum atomic E-state index is -5.17. The van der Waals surface area contributed by atoms with E-state index in [1.54, 1.807) is 0 Å². The van der Waals surface area contributed by atoms with Crippen LogP contribution in [0.2, 0.25) is 0 Å². The summed E-state index contributed by atoms with van der Waals surface area (Å²) in [5.74, 6) is -3.57. The van der Waals surface area contributed by atoms with Gasteiger partial charge in [0.05, 0.1) is 0 Å². The van der Waals surface area contributed by atoms with Crippen molar-refractivity contribution < 1.29 is 27.5 Å². The summed E-state index contributed by atoms with van der Waals surface area (Å²) in [5.41, 5.74) is 2.81. The van der Waals surface area contributed by atoms with Crippen LogP contribution in [0.1, 0.15) is 27.0 Å². The van der Waals surface area contributed by atoms with E-state index in [1.807, 2.05) is 32.0 Å². The highest BCUT2D eigenvalue weighted by Gasteiger charge is 2.43. The van der Waals surface area contributed by atoms with E-state index in [9.17, 15) is 22.8 Å². The molecule has 0 saturated carbocycles. The highest BCUT2D eigenvalue weighted by molar-refractivity contribution is 6.45. The van der Waals surface area contributed by atoms with E-state index in [4.69, 9.17) is 4.74 Å². The maximum Gasteiger partial charge on any atom is 0.458 e. The highest BCUT2D eigenvalue weighted by atomic mass is 19.4. The number of alkyl halides is 3. The van der Waals surface area contributed by atoms with Crippen molar-refractivity contribution in [1.29, 1.82) is 0 Å². The van der Waals surface area contributed by atoms with Crippen molar-refractivity contribution >= 4 is 11.6 Å². The van der Waals surface area contributed by atoms with E-state index in [0.717, 1.165) is 28.8 Å². The van der Waals surface area contributed by atoms with E-state index < -0.39 is 17.7 Å². The number of Topliss-reactive ketones (excluding diaryl/α,β-unsaturated/α-hetero) is 2. The second kappa shape index (κ2) is 6.86. The first-order valence-electron chi connectivity index (χ1n) is 7.13. The molecule has 2 aromatic carbocycles. The number of halogens is 3. The molecule has 0 fully saturated rings. The standard InChI is InChI=1S/C18H15F3O3/c1-11-3-4-12(2)14(9-11)10-24-15-7-5-13(6-8-15)16(22)17(23)18(19,20)21/h3-9H,10H2,1-2H3. The van der Waals surface area contributed by atoms with Crippen LogP contribution in [-0.4, -0.2) is 17.7 Å². The third-order valence-corrected chi connectivity index (χ3v) is 3.48. The molecule has 0 spiro atoms. The van der Waals surface area contributed by atoms with Crippen LogP contribution < -0.4 is 4.74 Å². The van der Waals surface area contributed by atoms with Crippen LogP contribution in [0.25, 0.3) is 0 Å². The summed E-state index contributed by atoms with van der Waals surface area (Å²) in [7, 11) is 0. The molecule has 0 heterocycles. The Balaban J connectivity index is 2.06. The van der Waals surface area contributed by atoms with Gasteiger partial charge in [0.15, 0.2) is 0 Å². The molecule has 0 radical (unpaired) electrons. The van der Waals surface area contributed by atoms with Crippen molar-refractivity contribution in [3.05, 3.63) is 64.7 Å². The van der Waals surface area contributed by atoms with Gasteiger partial charge in [0.25, 0.3) is 0 Å². The Hall–Kier alpha value is -2.63. The fourth-order valence-corrected chi connectivity index (χ4v) is 2.08. The molecule has 0 amide bonds. The number of carbonyl (C=O) groups is 2. The van der Waals surface area contributed by atoms with Gasteiger partial charge in [0.1, 0.15) is 12.4 Å². The summed E-state index contributed by atoms with van der Waals surface area (Å²) in [6.45, 7) is 4.20. The lowest BCUT2D eigenvalue weighted by Gasteiger charge is -2.10. The van der Waals surface area contributed by atoms with Crippen molar-refractivity contribution in [1.82, 2.24) is 0 Å². The molecule has 0 atom stereocenters. The summed E-state index contributed by atoms with van der Waals surface area (Å²) >= 11 is 0. The van der Waals surface area contributed by atoms with Gasteiger partial charge in [-0.25, -0.2) is 0 Å². The largest absolute Gasteiger partial charge is 0.489 e. The molecule has 0 saturated heterocycles. The lowest BCUT2D eigenvalue weighted by Crippen LogP contribution is -2.30. The maximum atomic E-state index is 12.2. The minimum absolute atomic E-state index is 0.294. The predicted molar refractivity (Wildman–Crippen MR) is 82.1 cm³/mol. The van der Waals surface area contributed by atoms with Gasteiger partial charge < -0.3 is 4.74 Å². The molecule has 0 aliphatic carbocycles. The predicted octanol–water partition coefficient (Wildman–Crippen LogP) is 4.20. The van der Waals surface area contributed by atoms with Crippen molar-refractivity contribution in [2.75, 3.05) is 0 Å². The molecule has 126 valence electrons. The molecular weight excluding hydrogens is 321 g/mol. The molecular formula is C18H15F3O3. The van der Waals surface area contributed by atoms with Gasteiger partial charge in [-0.3, -0.25) is 9.59 Å². The molecule has 0 unspecified atom stereocenters. The van der Waals surface area contributed by atoms with Crippen molar-refractivity contribution in [3.63, 3.8) is 0 Å². The van der Waals surface area contributed by atoms with E-state index in [-0.39, 0.29) is 5.56 Å². The SMILES string of the molecule is Cc1ccc(C)c(COc2ccc(C(=O)C(=O)C(F)(F)F)cc2)c1. The second-order valence-electron chi connectivity index (χ2n) is 5.40. The lowest BCUT2D eigenvalue weighted by molar-refractivity contribution is -0.165. The van der Waals surface area contributed by atoms with Crippen LogP contribution in [0, 0.1) is 13.8 Å². The van der Waals surface area contributed by atoms with Gasteiger partial charge >= 0.3 is 12.0 Å². The van der Waals surface area contributed by atoms with Gasteiger partial charge in [-0.05, 0) is 49.2 Å². The van der Waals surface area contributed by atoms with Crippen LogP contribution in [0.3, 0.4) is 0 Å².